The fraction of sp³-hybridized carbons (Fsp3) is 0.190. The number of nitrogens with one attached hydrogen (secondary N) is 3. The van der Waals surface area contributed by atoms with E-state index in [-0.39, 0.29) is 18.1 Å². The van der Waals surface area contributed by atoms with Crippen molar-refractivity contribution in [2.24, 2.45) is 0 Å². The molecule has 0 aliphatic heterocycles. The average Bonchev–Trinajstić information content (AvgIpc) is 3.03. The van der Waals surface area contributed by atoms with Crippen LogP contribution in [0.25, 0.3) is 11.0 Å². The Balaban J connectivity index is 1.64. The highest BCUT2D eigenvalue weighted by molar-refractivity contribution is 5.99. The van der Waals surface area contributed by atoms with Crippen LogP contribution in [-0.4, -0.2) is 17.7 Å². The Kier molecular flexibility index (Phi) is 5.74. The van der Waals surface area contributed by atoms with Crippen LogP contribution in [0.2, 0.25) is 0 Å². The lowest BCUT2D eigenvalue weighted by molar-refractivity contribution is -0.123. The molecule has 1 aromatic heterocycles. The van der Waals surface area contributed by atoms with E-state index >= 15 is 0 Å². The number of benzene rings is 2. The second-order valence-corrected chi connectivity index (χ2v) is 6.42. The minimum absolute atomic E-state index is 0.0248. The van der Waals surface area contributed by atoms with Crippen LogP contribution in [-0.2, 0) is 9.59 Å². The molecule has 0 spiro atoms. The molecule has 3 N–H and O–H groups in total. The van der Waals surface area contributed by atoms with E-state index in [4.69, 9.17) is 4.42 Å². The normalized spacial score (nSPS) is 11.6. The van der Waals surface area contributed by atoms with Crippen molar-refractivity contribution in [2.45, 2.75) is 26.3 Å². The molecule has 0 aliphatic carbocycles. The molecule has 0 saturated carbocycles. The summed E-state index contributed by atoms with van der Waals surface area (Å²) >= 11 is 0. The van der Waals surface area contributed by atoms with Crippen molar-refractivity contribution in [3.05, 3.63) is 71.5 Å². The molecule has 144 valence electrons. The number of hydrogen-bond donors (Lipinski definition) is 3. The van der Waals surface area contributed by atoms with Crippen molar-refractivity contribution in [1.29, 1.82) is 0 Å². The molecule has 0 radical (unpaired) electrons. The second kappa shape index (κ2) is 8.39. The van der Waals surface area contributed by atoms with Crippen molar-refractivity contribution in [3.63, 3.8) is 0 Å². The minimum Gasteiger partial charge on any atom is -0.451 e. The lowest BCUT2D eigenvalue weighted by atomic mass is 10.0. The SMILES string of the molecule is CC(=O)NC(CC(=O)NNC(=O)c1oc2ccccc2c1C)c1ccccc1. The maximum Gasteiger partial charge on any atom is 0.305 e. The van der Waals surface area contributed by atoms with Gasteiger partial charge >= 0.3 is 5.91 Å². The van der Waals surface area contributed by atoms with E-state index in [1.807, 2.05) is 48.5 Å². The lowest BCUT2D eigenvalue weighted by Crippen LogP contribution is -2.43. The summed E-state index contributed by atoms with van der Waals surface area (Å²) in [5.74, 6) is -1.09. The fourth-order valence-corrected chi connectivity index (χ4v) is 2.99. The number of hydrogen-bond acceptors (Lipinski definition) is 4. The number of aryl methyl sites for hydroxylation is 1. The summed E-state index contributed by atoms with van der Waals surface area (Å²) in [6, 6.07) is 16.0. The van der Waals surface area contributed by atoms with Crippen LogP contribution >= 0.6 is 0 Å². The Morgan fingerprint density at radius 3 is 2.32 bits per heavy atom. The molecular weight excluding hydrogens is 358 g/mol. The molecule has 3 rings (SSSR count). The van der Waals surface area contributed by atoms with Crippen molar-refractivity contribution in [3.8, 4) is 0 Å². The third-order valence-electron chi connectivity index (χ3n) is 4.33. The van der Waals surface area contributed by atoms with Gasteiger partial charge in [0.2, 0.25) is 11.8 Å². The highest BCUT2D eigenvalue weighted by Gasteiger charge is 2.20. The van der Waals surface area contributed by atoms with Gasteiger partial charge in [-0.05, 0) is 18.6 Å². The van der Waals surface area contributed by atoms with Crippen LogP contribution in [0.4, 0.5) is 0 Å². The van der Waals surface area contributed by atoms with Crippen LogP contribution in [0.3, 0.4) is 0 Å². The molecule has 0 bridgehead atoms. The van der Waals surface area contributed by atoms with Gasteiger partial charge in [-0.3, -0.25) is 25.2 Å². The van der Waals surface area contributed by atoms with E-state index < -0.39 is 17.9 Å². The Morgan fingerprint density at radius 2 is 1.64 bits per heavy atom. The second-order valence-electron chi connectivity index (χ2n) is 6.42. The summed E-state index contributed by atoms with van der Waals surface area (Å²) < 4.78 is 5.58. The molecule has 3 amide bonds. The van der Waals surface area contributed by atoms with Gasteiger partial charge < -0.3 is 9.73 Å². The predicted octanol–water partition coefficient (Wildman–Crippen LogP) is 2.77. The number of furan rings is 1. The number of carbonyl (C=O) groups excluding carboxylic acids is 3. The van der Waals surface area contributed by atoms with E-state index in [0.717, 1.165) is 10.9 Å². The summed E-state index contributed by atoms with van der Waals surface area (Å²) in [7, 11) is 0. The maximum absolute atomic E-state index is 12.4. The first kappa shape index (κ1) is 19.2. The summed E-state index contributed by atoms with van der Waals surface area (Å²) in [4.78, 5) is 36.1. The molecule has 1 atom stereocenters. The highest BCUT2D eigenvalue weighted by Crippen LogP contribution is 2.24. The number of para-hydroxylation sites is 1. The summed E-state index contributed by atoms with van der Waals surface area (Å²) in [6.07, 6.45) is -0.0248. The standard InChI is InChI=1S/C21H21N3O4/c1-13-16-10-6-7-11-18(16)28-20(13)21(27)24-23-19(26)12-17(22-14(2)25)15-8-4-3-5-9-15/h3-11,17H,12H2,1-2H3,(H,22,25)(H,23,26)(H,24,27). The first-order valence-corrected chi connectivity index (χ1v) is 8.85. The number of fused-ring (bicyclic) bond motifs is 1. The van der Waals surface area contributed by atoms with E-state index in [2.05, 4.69) is 16.2 Å². The lowest BCUT2D eigenvalue weighted by Gasteiger charge is -2.18. The smallest absolute Gasteiger partial charge is 0.305 e. The van der Waals surface area contributed by atoms with Crippen molar-refractivity contribution in [1.82, 2.24) is 16.2 Å². The molecular formula is C21H21N3O4. The Morgan fingerprint density at radius 1 is 0.964 bits per heavy atom. The highest BCUT2D eigenvalue weighted by atomic mass is 16.3. The maximum atomic E-state index is 12.4. The van der Waals surface area contributed by atoms with Gasteiger partial charge in [-0.1, -0.05) is 48.5 Å². The molecule has 0 fully saturated rings. The van der Waals surface area contributed by atoms with Gasteiger partial charge in [-0.2, -0.15) is 0 Å². The Labute approximate surface area is 162 Å². The molecule has 7 heteroatoms. The predicted molar refractivity (Wildman–Crippen MR) is 104 cm³/mol. The zero-order valence-electron chi connectivity index (χ0n) is 15.6. The first-order valence-electron chi connectivity index (χ1n) is 8.85. The van der Waals surface area contributed by atoms with Crippen LogP contribution in [0.15, 0.2) is 59.0 Å². The van der Waals surface area contributed by atoms with Crippen molar-refractivity contribution < 1.29 is 18.8 Å². The van der Waals surface area contributed by atoms with Gasteiger partial charge in [0, 0.05) is 17.9 Å². The average molecular weight is 379 g/mol. The van der Waals surface area contributed by atoms with Gasteiger partial charge in [0.25, 0.3) is 0 Å². The zero-order valence-corrected chi connectivity index (χ0v) is 15.6. The minimum atomic E-state index is -0.544. The number of amides is 3. The molecule has 7 nitrogen and oxygen atoms in total. The molecule has 1 heterocycles. The first-order chi connectivity index (χ1) is 13.5. The van der Waals surface area contributed by atoms with Gasteiger partial charge in [-0.15, -0.1) is 0 Å². The molecule has 0 aliphatic rings. The number of rotatable bonds is 5. The third kappa shape index (κ3) is 4.37. The van der Waals surface area contributed by atoms with Crippen LogP contribution < -0.4 is 16.2 Å². The summed E-state index contributed by atoms with van der Waals surface area (Å²) in [5, 5.41) is 3.58. The van der Waals surface area contributed by atoms with Gasteiger partial charge in [-0.25, -0.2) is 0 Å². The number of hydrazine groups is 1. The topological polar surface area (TPSA) is 100 Å². The van der Waals surface area contributed by atoms with Crippen molar-refractivity contribution in [2.75, 3.05) is 0 Å². The van der Waals surface area contributed by atoms with Gasteiger partial charge in [0.1, 0.15) is 5.58 Å². The summed E-state index contributed by atoms with van der Waals surface area (Å²) in [5.41, 5.74) is 6.84. The van der Waals surface area contributed by atoms with Crippen molar-refractivity contribution >= 4 is 28.7 Å². The third-order valence-corrected chi connectivity index (χ3v) is 4.33. The van der Waals surface area contributed by atoms with Crippen LogP contribution in [0.5, 0.6) is 0 Å². The largest absolute Gasteiger partial charge is 0.451 e. The van der Waals surface area contributed by atoms with Crippen LogP contribution in [0.1, 0.15) is 41.1 Å². The summed E-state index contributed by atoms with van der Waals surface area (Å²) in [6.45, 7) is 3.17. The van der Waals surface area contributed by atoms with Crippen LogP contribution in [0, 0.1) is 6.92 Å². The van der Waals surface area contributed by atoms with Gasteiger partial charge in [0.15, 0.2) is 5.76 Å². The van der Waals surface area contributed by atoms with Gasteiger partial charge in [0.05, 0.1) is 12.5 Å². The molecule has 1 unspecified atom stereocenters. The van der Waals surface area contributed by atoms with E-state index in [1.165, 1.54) is 6.92 Å². The molecule has 28 heavy (non-hydrogen) atoms. The quantitative estimate of drug-likeness (QED) is 0.594. The van der Waals surface area contributed by atoms with E-state index in [1.54, 1.807) is 13.0 Å². The monoisotopic (exact) mass is 379 g/mol. The van der Waals surface area contributed by atoms with E-state index in [0.29, 0.717) is 11.1 Å². The Hall–Kier alpha value is -3.61. The Bertz CT molecular complexity index is 1010. The molecule has 3 aromatic rings. The van der Waals surface area contributed by atoms with E-state index in [9.17, 15) is 14.4 Å². The zero-order chi connectivity index (χ0) is 20.1. The molecule has 2 aromatic carbocycles. The fourth-order valence-electron chi connectivity index (χ4n) is 2.99. The number of carbonyl (C=O) groups is 3. The molecule has 0 saturated heterocycles.